The Morgan fingerprint density at radius 1 is 1.26 bits per heavy atom. The molecule has 0 saturated carbocycles. The Morgan fingerprint density at radius 2 is 2.00 bits per heavy atom. The molecule has 0 fully saturated rings. The third-order valence-corrected chi connectivity index (χ3v) is 5.86. The van der Waals surface area contributed by atoms with E-state index in [1.54, 1.807) is 39.0 Å². The van der Waals surface area contributed by atoms with E-state index < -0.39 is 29.4 Å². The number of ether oxygens (including phenoxy) is 2. The van der Waals surface area contributed by atoms with Crippen LogP contribution in [0.4, 0.5) is 5.69 Å². The van der Waals surface area contributed by atoms with Crippen LogP contribution in [0, 0.1) is 6.92 Å². The van der Waals surface area contributed by atoms with E-state index in [-0.39, 0.29) is 17.6 Å². The van der Waals surface area contributed by atoms with Crippen LogP contribution in [0.15, 0.2) is 35.4 Å². The second-order valence-corrected chi connectivity index (χ2v) is 7.65. The van der Waals surface area contributed by atoms with Gasteiger partial charge in [0.05, 0.1) is 31.0 Å². The van der Waals surface area contributed by atoms with Crippen molar-refractivity contribution in [2.45, 2.75) is 26.8 Å². The Labute approximate surface area is 181 Å². The predicted octanol–water partition coefficient (Wildman–Crippen LogP) is 2.93. The summed E-state index contributed by atoms with van der Waals surface area (Å²) in [6.45, 7) is 5.13. The molecule has 162 valence electrons. The first-order chi connectivity index (χ1) is 14.8. The van der Waals surface area contributed by atoms with E-state index in [9.17, 15) is 19.2 Å². The molecule has 2 heterocycles. The van der Waals surface area contributed by atoms with Crippen molar-refractivity contribution in [1.82, 2.24) is 9.55 Å². The first-order valence-electron chi connectivity index (χ1n) is 9.45. The summed E-state index contributed by atoms with van der Waals surface area (Å²) >= 11 is 1.08. The molecule has 1 aromatic carbocycles. The summed E-state index contributed by atoms with van der Waals surface area (Å²) in [5, 5.41) is 2.96. The summed E-state index contributed by atoms with van der Waals surface area (Å²) in [4.78, 5) is 54.6. The van der Waals surface area contributed by atoms with Crippen molar-refractivity contribution in [1.29, 1.82) is 0 Å². The third-order valence-electron chi connectivity index (χ3n) is 4.68. The number of nitrogens with zero attached hydrogens (tertiary/aromatic N) is 2. The quantitative estimate of drug-likeness (QED) is 0.582. The Bertz CT molecular complexity index is 1230. The molecule has 31 heavy (non-hydrogen) atoms. The SMILES string of the molecule is CCOC(=O)c1sc2ncn(C(C)C(=O)Nc3cccc(C(=O)OC)c3)c(=O)c2c1C. The number of carbonyl (C=O) groups is 3. The van der Waals surface area contributed by atoms with Gasteiger partial charge in [-0.05, 0) is 44.5 Å². The van der Waals surface area contributed by atoms with E-state index in [2.05, 4.69) is 15.0 Å². The van der Waals surface area contributed by atoms with Crippen molar-refractivity contribution in [3.8, 4) is 0 Å². The van der Waals surface area contributed by atoms with Crippen molar-refractivity contribution in [2.75, 3.05) is 19.0 Å². The molecule has 0 saturated heterocycles. The van der Waals surface area contributed by atoms with Gasteiger partial charge in [-0.15, -0.1) is 11.3 Å². The first-order valence-corrected chi connectivity index (χ1v) is 10.3. The zero-order valence-corrected chi connectivity index (χ0v) is 18.2. The lowest BCUT2D eigenvalue weighted by Gasteiger charge is -2.15. The zero-order chi connectivity index (χ0) is 22.7. The van der Waals surface area contributed by atoms with Crippen molar-refractivity contribution in [3.63, 3.8) is 0 Å². The maximum Gasteiger partial charge on any atom is 0.348 e. The van der Waals surface area contributed by atoms with E-state index >= 15 is 0 Å². The number of aromatic nitrogens is 2. The standard InChI is InChI=1S/C21H21N3O6S/c1-5-30-21(28)16-11(2)15-18(31-16)22-10-24(19(15)26)12(3)17(25)23-14-8-6-7-13(9-14)20(27)29-4/h6-10,12H,5H2,1-4H3,(H,23,25). The van der Waals surface area contributed by atoms with Crippen LogP contribution >= 0.6 is 11.3 Å². The first kappa shape index (κ1) is 22.2. The Balaban J connectivity index is 1.91. The van der Waals surface area contributed by atoms with Gasteiger partial charge in [0, 0.05) is 5.69 Å². The van der Waals surface area contributed by atoms with Gasteiger partial charge in [0.25, 0.3) is 5.56 Å². The van der Waals surface area contributed by atoms with Crippen molar-refractivity contribution < 1.29 is 23.9 Å². The molecule has 3 aromatic rings. The summed E-state index contributed by atoms with van der Waals surface area (Å²) in [6.07, 6.45) is 1.28. The number of anilines is 1. The number of esters is 2. The lowest BCUT2D eigenvalue weighted by molar-refractivity contribution is -0.118. The number of carbonyl (C=O) groups excluding carboxylic acids is 3. The van der Waals surface area contributed by atoms with Crippen molar-refractivity contribution in [2.24, 2.45) is 0 Å². The van der Waals surface area contributed by atoms with Gasteiger partial charge in [-0.2, -0.15) is 0 Å². The lowest BCUT2D eigenvalue weighted by Crippen LogP contribution is -2.31. The molecule has 0 aliphatic heterocycles. The second kappa shape index (κ2) is 9.09. The highest BCUT2D eigenvalue weighted by Crippen LogP contribution is 2.28. The molecular weight excluding hydrogens is 422 g/mol. The van der Waals surface area contributed by atoms with Gasteiger partial charge < -0.3 is 14.8 Å². The highest BCUT2D eigenvalue weighted by atomic mass is 32.1. The fraction of sp³-hybridized carbons (Fsp3) is 0.286. The third kappa shape index (κ3) is 4.33. The van der Waals surface area contributed by atoms with Crippen molar-refractivity contribution in [3.05, 3.63) is 57.0 Å². The maximum absolute atomic E-state index is 13.1. The predicted molar refractivity (Wildman–Crippen MR) is 116 cm³/mol. The van der Waals surface area contributed by atoms with Crippen LogP contribution in [0.1, 0.15) is 45.5 Å². The molecular formula is C21H21N3O6S. The molecule has 2 aromatic heterocycles. The van der Waals surface area contributed by atoms with Gasteiger partial charge in [0.15, 0.2) is 0 Å². The lowest BCUT2D eigenvalue weighted by atomic mass is 10.2. The van der Waals surface area contributed by atoms with Crippen LogP contribution in [0.3, 0.4) is 0 Å². The highest BCUT2D eigenvalue weighted by Gasteiger charge is 2.23. The molecule has 1 amide bonds. The molecule has 9 nitrogen and oxygen atoms in total. The van der Waals surface area contributed by atoms with E-state index in [0.717, 1.165) is 11.3 Å². The molecule has 1 N–H and O–H groups in total. The smallest absolute Gasteiger partial charge is 0.348 e. The normalized spacial score (nSPS) is 11.7. The number of hydrogen-bond acceptors (Lipinski definition) is 8. The van der Waals surface area contributed by atoms with Gasteiger partial charge in [0.2, 0.25) is 5.91 Å². The number of rotatable bonds is 6. The van der Waals surface area contributed by atoms with Crippen LogP contribution in [-0.4, -0.2) is 41.1 Å². The van der Waals surface area contributed by atoms with E-state index in [1.165, 1.54) is 24.1 Å². The second-order valence-electron chi connectivity index (χ2n) is 6.65. The van der Waals surface area contributed by atoms with Gasteiger partial charge in [-0.25, -0.2) is 14.6 Å². The molecule has 0 bridgehead atoms. The Hall–Kier alpha value is -3.53. The summed E-state index contributed by atoms with van der Waals surface area (Å²) in [5.74, 6) is -1.51. The molecule has 0 aliphatic carbocycles. The number of nitrogens with one attached hydrogen (secondary N) is 1. The van der Waals surface area contributed by atoms with Gasteiger partial charge in [-0.1, -0.05) is 6.07 Å². The number of fused-ring (bicyclic) bond motifs is 1. The minimum atomic E-state index is -0.892. The van der Waals surface area contributed by atoms with Crippen LogP contribution in [0.2, 0.25) is 0 Å². The molecule has 0 radical (unpaired) electrons. The average Bonchev–Trinajstić information content (AvgIpc) is 3.10. The molecule has 1 atom stereocenters. The largest absolute Gasteiger partial charge is 0.465 e. The minimum absolute atomic E-state index is 0.221. The Morgan fingerprint density at radius 3 is 2.68 bits per heavy atom. The number of thiophene rings is 1. The summed E-state index contributed by atoms with van der Waals surface area (Å²) in [5.41, 5.74) is 0.718. The number of amides is 1. The maximum atomic E-state index is 13.1. The van der Waals surface area contributed by atoms with Crippen molar-refractivity contribution >= 4 is 45.1 Å². The molecule has 3 rings (SSSR count). The fourth-order valence-electron chi connectivity index (χ4n) is 3.02. The van der Waals surface area contributed by atoms with E-state index in [1.807, 2.05) is 0 Å². The number of benzene rings is 1. The fourth-order valence-corrected chi connectivity index (χ4v) is 4.05. The minimum Gasteiger partial charge on any atom is -0.465 e. The van der Waals surface area contributed by atoms with Crippen LogP contribution in [-0.2, 0) is 14.3 Å². The molecule has 0 aliphatic rings. The number of aryl methyl sites for hydroxylation is 1. The average molecular weight is 443 g/mol. The van der Waals surface area contributed by atoms with Crippen LogP contribution < -0.4 is 10.9 Å². The molecule has 1 unspecified atom stereocenters. The monoisotopic (exact) mass is 443 g/mol. The van der Waals surface area contributed by atoms with E-state index in [0.29, 0.717) is 21.0 Å². The summed E-state index contributed by atoms with van der Waals surface area (Å²) < 4.78 is 10.9. The zero-order valence-electron chi connectivity index (χ0n) is 17.4. The molecule has 0 spiro atoms. The van der Waals surface area contributed by atoms with Crippen LogP contribution in [0.25, 0.3) is 10.2 Å². The summed E-state index contributed by atoms with van der Waals surface area (Å²) in [6, 6.07) is 5.38. The highest BCUT2D eigenvalue weighted by molar-refractivity contribution is 7.20. The van der Waals surface area contributed by atoms with E-state index in [4.69, 9.17) is 4.74 Å². The van der Waals surface area contributed by atoms with Crippen LogP contribution in [0.5, 0.6) is 0 Å². The summed E-state index contributed by atoms with van der Waals surface area (Å²) in [7, 11) is 1.27. The number of methoxy groups -OCH3 is 1. The topological polar surface area (TPSA) is 117 Å². The van der Waals surface area contributed by atoms with Gasteiger partial charge in [0.1, 0.15) is 15.7 Å². The van der Waals surface area contributed by atoms with Gasteiger partial charge in [-0.3, -0.25) is 14.2 Å². The Kier molecular flexibility index (Phi) is 6.50. The van der Waals surface area contributed by atoms with Gasteiger partial charge >= 0.3 is 11.9 Å². The molecule has 10 heteroatoms. The number of hydrogen-bond donors (Lipinski definition) is 1.